The molecule has 2 atom stereocenters. The normalized spacial score (nSPS) is 22.0. The van der Waals surface area contributed by atoms with Gasteiger partial charge in [0.15, 0.2) is 6.67 Å². The van der Waals surface area contributed by atoms with Crippen molar-refractivity contribution >= 4 is 22.2 Å². The Morgan fingerprint density at radius 2 is 2.11 bits per heavy atom. The summed E-state index contributed by atoms with van der Waals surface area (Å²) in [5, 5.41) is 1.11. The van der Waals surface area contributed by atoms with E-state index in [0.717, 1.165) is 43.3 Å². The van der Waals surface area contributed by atoms with E-state index in [2.05, 4.69) is 13.8 Å². The van der Waals surface area contributed by atoms with E-state index in [1.807, 2.05) is 29.2 Å². The molecule has 2 aliphatic heterocycles. The third-order valence-corrected chi connectivity index (χ3v) is 6.94. The van der Waals surface area contributed by atoms with E-state index < -0.39 is 0 Å². The van der Waals surface area contributed by atoms with E-state index in [0.29, 0.717) is 18.3 Å². The van der Waals surface area contributed by atoms with E-state index in [4.69, 9.17) is 9.47 Å². The number of nitrogens with one attached hydrogen (secondary N) is 1. The summed E-state index contributed by atoms with van der Waals surface area (Å²) in [5.74, 6) is 0.823. The smallest absolute Gasteiger partial charge is 0.263 e. The van der Waals surface area contributed by atoms with Crippen molar-refractivity contribution in [3.8, 4) is 5.75 Å². The number of hydrogen-bond acceptors (Lipinski definition) is 4. The first kappa shape index (κ1) is 18.5. The standard InChI is InChI=1S/C21H26N2O3S/c1-14-15(2)27-21-19(14)12-22(11-18-5-4-10-26-18)13-23(21)20(24)16-6-8-17(25-3)9-7-16/h6-9,18H,4-5,10-13H2,1-3H3/p+1/t18-/m0/s1. The number of aryl methyl sites for hydroxylation is 1. The Morgan fingerprint density at radius 1 is 1.33 bits per heavy atom. The van der Waals surface area contributed by atoms with Crippen molar-refractivity contribution in [3.63, 3.8) is 0 Å². The minimum atomic E-state index is 0.0599. The molecule has 1 aromatic carbocycles. The molecule has 5 nitrogen and oxygen atoms in total. The first-order chi connectivity index (χ1) is 13.1. The fourth-order valence-corrected chi connectivity index (χ4v) is 5.17. The Labute approximate surface area is 164 Å². The molecule has 1 fully saturated rings. The third kappa shape index (κ3) is 3.61. The molecule has 2 aliphatic rings. The molecule has 1 aromatic heterocycles. The van der Waals surface area contributed by atoms with Gasteiger partial charge in [0.05, 0.1) is 7.11 Å². The van der Waals surface area contributed by atoms with Gasteiger partial charge in [-0.05, 0) is 56.5 Å². The van der Waals surface area contributed by atoms with E-state index in [1.165, 1.54) is 20.9 Å². The van der Waals surface area contributed by atoms with Gasteiger partial charge in [-0.1, -0.05) is 0 Å². The molecule has 144 valence electrons. The van der Waals surface area contributed by atoms with Crippen molar-refractivity contribution in [3.05, 3.63) is 45.8 Å². The van der Waals surface area contributed by atoms with Gasteiger partial charge >= 0.3 is 0 Å². The molecule has 4 rings (SSSR count). The molecular formula is C21H27N2O3S+. The summed E-state index contributed by atoms with van der Waals surface area (Å²) in [4.78, 5) is 18.0. The number of anilines is 1. The zero-order chi connectivity index (χ0) is 19.0. The molecule has 1 saturated heterocycles. The van der Waals surface area contributed by atoms with Crippen molar-refractivity contribution in [2.75, 3.05) is 31.8 Å². The van der Waals surface area contributed by atoms with Crippen LogP contribution in [0.3, 0.4) is 0 Å². The maximum atomic E-state index is 13.3. The molecule has 0 saturated carbocycles. The van der Waals surface area contributed by atoms with Crippen LogP contribution in [-0.2, 0) is 11.3 Å². The largest absolute Gasteiger partial charge is 0.497 e. The number of ether oxygens (including phenoxy) is 2. The minimum Gasteiger partial charge on any atom is -0.497 e. The Balaban J connectivity index is 1.62. The lowest BCUT2D eigenvalue weighted by atomic mass is 10.1. The Hall–Kier alpha value is -1.89. The van der Waals surface area contributed by atoms with Crippen molar-refractivity contribution < 1.29 is 19.2 Å². The van der Waals surface area contributed by atoms with Crippen LogP contribution in [0.25, 0.3) is 0 Å². The molecule has 1 unspecified atom stereocenters. The van der Waals surface area contributed by atoms with E-state index >= 15 is 0 Å². The molecule has 0 aliphatic carbocycles. The van der Waals surface area contributed by atoms with Crippen LogP contribution in [0.4, 0.5) is 5.00 Å². The number of fused-ring (bicyclic) bond motifs is 1. The van der Waals surface area contributed by atoms with Crippen molar-refractivity contribution in [1.82, 2.24) is 0 Å². The molecule has 27 heavy (non-hydrogen) atoms. The van der Waals surface area contributed by atoms with Crippen LogP contribution in [0.5, 0.6) is 5.75 Å². The average molecular weight is 388 g/mol. The summed E-state index contributed by atoms with van der Waals surface area (Å²) >= 11 is 1.74. The molecule has 6 heteroatoms. The number of carbonyl (C=O) groups excluding carboxylic acids is 1. The van der Waals surface area contributed by atoms with Crippen LogP contribution in [0.1, 0.15) is 39.2 Å². The van der Waals surface area contributed by atoms with Crippen molar-refractivity contribution in [2.45, 2.75) is 39.3 Å². The van der Waals surface area contributed by atoms with Crippen molar-refractivity contribution in [2.24, 2.45) is 0 Å². The first-order valence-electron chi connectivity index (χ1n) is 9.56. The summed E-state index contributed by atoms with van der Waals surface area (Å²) < 4.78 is 11.1. The monoisotopic (exact) mass is 387 g/mol. The Kier molecular flexibility index (Phi) is 5.21. The average Bonchev–Trinajstić information content (AvgIpc) is 3.30. The number of hydrogen-bond donors (Lipinski definition) is 1. The molecule has 0 spiro atoms. The topological polar surface area (TPSA) is 43.2 Å². The second-order valence-corrected chi connectivity index (χ2v) is 8.66. The summed E-state index contributed by atoms with van der Waals surface area (Å²) in [6.45, 7) is 7.81. The lowest BCUT2D eigenvalue weighted by Gasteiger charge is -2.34. The van der Waals surface area contributed by atoms with Gasteiger partial charge in [-0.2, -0.15) is 0 Å². The quantitative estimate of drug-likeness (QED) is 0.877. The fourth-order valence-electron chi connectivity index (χ4n) is 4.00. The zero-order valence-electron chi connectivity index (χ0n) is 16.2. The van der Waals surface area contributed by atoms with Gasteiger partial charge in [0.2, 0.25) is 0 Å². The van der Waals surface area contributed by atoms with E-state index in [1.54, 1.807) is 18.4 Å². The van der Waals surface area contributed by atoms with Gasteiger partial charge in [-0.3, -0.25) is 9.69 Å². The second kappa shape index (κ2) is 7.62. The van der Waals surface area contributed by atoms with Gasteiger partial charge in [0, 0.05) is 22.6 Å². The zero-order valence-corrected chi connectivity index (χ0v) is 17.0. The maximum absolute atomic E-state index is 13.3. The van der Waals surface area contributed by atoms with Crippen LogP contribution in [0.15, 0.2) is 24.3 Å². The number of amides is 1. The van der Waals surface area contributed by atoms with Gasteiger partial charge in [0.1, 0.15) is 29.9 Å². The SMILES string of the molecule is COc1ccc(C(=O)N2C[NH+](C[C@@H]3CCCO3)Cc3c2sc(C)c3C)cc1. The Bertz CT molecular complexity index is 825. The number of nitrogens with zero attached hydrogens (tertiary/aromatic N) is 1. The number of carbonyl (C=O) groups is 1. The maximum Gasteiger partial charge on any atom is 0.263 e. The van der Waals surface area contributed by atoms with Crippen LogP contribution in [0, 0.1) is 13.8 Å². The molecule has 3 heterocycles. The highest BCUT2D eigenvalue weighted by Crippen LogP contribution is 2.37. The first-order valence-corrected chi connectivity index (χ1v) is 10.4. The highest BCUT2D eigenvalue weighted by Gasteiger charge is 2.35. The summed E-state index contributed by atoms with van der Waals surface area (Å²) in [6, 6.07) is 7.39. The number of benzene rings is 1. The summed E-state index contributed by atoms with van der Waals surface area (Å²) in [6.07, 6.45) is 2.60. The summed E-state index contributed by atoms with van der Waals surface area (Å²) in [5.41, 5.74) is 3.34. The van der Waals surface area contributed by atoms with Gasteiger partial charge in [0.25, 0.3) is 5.91 Å². The Morgan fingerprint density at radius 3 is 2.78 bits per heavy atom. The van der Waals surface area contributed by atoms with E-state index in [-0.39, 0.29) is 5.91 Å². The van der Waals surface area contributed by atoms with Crippen LogP contribution in [-0.4, -0.2) is 38.9 Å². The predicted molar refractivity (Wildman–Crippen MR) is 107 cm³/mol. The molecule has 0 bridgehead atoms. The fraction of sp³-hybridized carbons (Fsp3) is 0.476. The van der Waals surface area contributed by atoms with Gasteiger partial charge < -0.3 is 14.4 Å². The van der Waals surface area contributed by atoms with Crippen molar-refractivity contribution in [1.29, 1.82) is 0 Å². The lowest BCUT2D eigenvalue weighted by molar-refractivity contribution is -0.917. The van der Waals surface area contributed by atoms with E-state index in [9.17, 15) is 4.79 Å². The minimum absolute atomic E-state index is 0.0599. The van der Waals surface area contributed by atoms with Crippen LogP contribution < -0.4 is 14.5 Å². The number of rotatable bonds is 4. The second-order valence-electron chi connectivity index (χ2n) is 7.45. The highest BCUT2D eigenvalue weighted by molar-refractivity contribution is 7.16. The van der Waals surface area contributed by atoms with Crippen LogP contribution in [0.2, 0.25) is 0 Å². The predicted octanol–water partition coefficient (Wildman–Crippen LogP) is 2.56. The van der Waals surface area contributed by atoms with Gasteiger partial charge in [-0.15, -0.1) is 11.3 Å². The third-order valence-electron chi connectivity index (χ3n) is 5.66. The van der Waals surface area contributed by atoms with Crippen LogP contribution >= 0.6 is 11.3 Å². The summed E-state index contributed by atoms with van der Waals surface area (Å²) in [7, 11) is 1.64. The molecule has 2 aromatic rings. The number of thiophene rings is 1. The molecule has 0 radical (unpaired) electrons. The van der Waals surface area contributed by atoms with Gasteiger partial charge in [-0.25, -0.2) is 0 Å². The number of methoxy groups -OCH3 is 1. The molecule has 1 amide bonds. The highest BCUT2D eigenvalue weighted by atomic mass is 32.1. The lowest BCUT2D eigenvalue weighted by Crippen LogP contribution is -3.14. The molecule has 1 N–H and O–H groups in total. The number of quaternary nitrogens is 1. The molecular weight excluding hydrogens is 360 g/mol.